The van der Waals surface area contributed by atoms with Crippen molar-refractivity contribution in [3.8, 4) is 67.0 Å². The molecule has 1 aliphatic heterocycles. The van der Waals surface area contributed by atoms with Gasteiger partial charge in [0, 0.05) is 33.4 Å². The normalized spacial score (nSPS) is 14.8. The highest BCUT2D eigenvalue weighted by Crippen LogP contribution is 2.48. The third-order valence-electron chi connectivity index (χ3n) is 11.2. The van der Waals surface area contributed by atoms with Gasteiger partial charge in [-0.3, -0.25) is 5.32 Å². The lowest BCUT2D eigenvalue weighted by molar-refractivity contribution is 0.409. The fraction of sp³-hybridized carbons (Fsp3) is 0.0357. The van der Waals surface area contributed by atoms with Gasteiger partial charge in [0.15, 0.2) is 0 Å². The summed E-state index contributed by atoms with van der Waals surface area (Å²) < 4.78 is 0. The van der Waals surface area contributed by atoms with Crippen molar-refractivity contribution in [2.45, 2.75) is 12.3 Å². The zero-order valence-corrected chi connectivity index (χ0v) is 33.0. The van der Waals surface area contributed by atoms with Crippen molar-refractivity contribution in [1.82, 2.24) is 15.6 Å². The molecule has 2 heterocycles. The first kappa shape index (κ1) is 36.7. The third-order valence-corrected chi connectivity index (χ3v) is 11.2. The zero-order valence-electron chi connectivity index (χ0n) is 33.0. The second-order valence-electron chi connectivity index (χ2n) is 15.0. The average Bonchev–Trinajstić information content (AvgIpc) is 3.35. The predicted molar refractivity (Wildman–Crippen MR) is 248 cm³/mol. The molecule has 0 aliphatic carbocycles. The van der Waals surface area contributed by atoms with Crippen LogP contribution >= 0.6 is 0 Å². The highest BCUT2D eigenvalue weighted by molar-refractivity contribution is 6.05. The van der Waals surface area contributed by atoms with Gasteiger partial charge in [0.1, 0.15) is 18.2 Å². The molecule has 0 spiro atoms. The lowest BCUT2D eigenvalue weighted by Gasteiger charge is -2.32. The number of rotatable bonds is 9. The smallest absolute Gasteiger partial charge is 0.131 e. The Labute approximate surface area is 351 Å². The Morgan fingerprint density at radius 3 is 1.13 bits per heavy atom. The van der Waals surface area contributed by atoms with E-state index in [1.54, 1.807) is 0 Å². The van der Waals surface area contributed by atoms with E-state index >= 15 is 0 Å². The van der Waals surface area contributed by atoms with E-state index in [0.29, 0.717) is 0 Å². The molecular weight excluding hydrogens is 729 g/mol. The van der Waals surface area contributed by atoms with Crippen LogP contribution in [0.2, 0.25) is 0 Å². The summed E-state index contributed by atoms with van der Waals surface area (Å²) in [5.41, 5.74) is 16.4. The maximum Gasteiger partial charge on any atom is 0.131 e. The maximum atomic E-state index is 5.59. The molecule has 2 N–H and O–H groups in total. The second-order valence-corrected chi connectivity index (χ2v) is 15.0. The van der Waals surface area contributed by atoms with Crippen molar-refractivity contribution in [3.05, 3.63) is 247 Å². The Morgan fingerprint density at radius 1 is 0.300 bits per heavy atom. The average molecular weight is 771 g/mol. The number of hydrogen-bond acceptors (Lipinski definition) is 4. The van der Waals surface area contributed by atoms with Crippen molar-refractivity contribution >= 4 is 5.84 Å². The minimum absolute atomic E-state index is 0.0873. The molecule has 0 fully saturated rings. The first-order valence-electron chi connectivity index (χ1n) is 20.5. The van der Waals surface area contributed by atoms with Crippen molar-refractivity contribution in [1.29, 1.82) is 0 Å². The van der Waals surface area contributed by atoms with Crippen molar-refractivity contribution in [2.75, 3.05) is 0 Å². The number of aliphatic imine (C=N–C) groups is 1. The van der Waals surface area contributed by atoms with Crippen LogP contribution in [0.25, 0.3) is 67.0 Å². The molecular formula is C56H42N4. The van der Waals surface area contributed by atoms with Crippen LogP contribution in [-0.2, 0) is 0 Å². The Bertz CT molecular complexity index is 2760. The lowest BCUT2D eigenvalue weighted by Crippen LogP contribution is -2.44. The van der Waals surface area contributed by atoms with Crippen LogP contribution in [0.15, 0.2) is 236 Å². The fourth-order valence-corrected chi connectivity index (χ4v) is 8.23. The van der Waals surface area contributed by atoms with Gasteiger partial charge >= 0.3 is 0 Å². The molecule has 60 heavy (non-hydrogen) atoms. The Kier molecular flexibility index (Phi) is 10.2. The van der Waals surface area contributed by atoms with E-state index in [2.05, 4.69) is 229 Å². The minimum atomic E-state index is -0.222. The van der Waals surface area contributed by atoms with Crippen molar-refractivity contribution < 1.29 is 0 Å². The van der Waals surface area contributed by atoms with E-state index in [9.17, 15) is 0 Å². The molecule has 9 aromatic rings. The van der Waals surface area contributed by atoms with E-state index in [4.69, 9.17) is 9.98 Å². The van der Waals surface area contributed by atoms with Gasteiger partial charge in [-0.2, -0.15) is 0 Å². The van der Waals surface area contributed by atoms with Crippen LogP contribution in [0.1, 0.15) is 29.0 Å². The van der Waals surface area contributed by atoms with Gasteiger partial charge in [-0.25, -0.2) is 9.98 Å². The molecule has 0 saturated carbocycles. The van der Waals surface area contributed by atoms with Crippen molar-refractivity contribution in [2.24, 2.45) is 4.99 Å². The van der Waals surface area contributed by atoms with Gasteiger partial charge in [0.05, 0.1) is 11.4 Å². The summed E-state index contributed by atoms with van der Waals surface area (Å²) in [5, 5.41) is 7.37. The lowest BCUT2D eigenvalue weighted by atomic mass is 9.83. The third kappa shape index (κ3) is 7.44. The number of pyridine rings is 1. The first-order valence-corrected chi connectivity index (χ1v) is 20.5. The first-order chi connectivity index (χ1) is 29.8. The summed E-state index contributed by atoms with van der Waals surface area (Å²) in [4.78, 5) is 10.7. The topological polar surface area (TPSA) is 49.3 Å². The fourth-order valence-electron chi connectivity index (χ4n) is 8.23. The Balaban J connectivity index is 1.08. The summed E-state index contributed by atoms with van der Waals surface area (Å²) in [5.74, 6) is 0.875. The minimum Gasteiger partial charge on any atom is -0.350 e. The molecule has 8 aromatic carbocycles. The molecule has 1 aliphatic rings. The molecule has 4 nitrogen and oxygen atoms in total. The zero-order chi connectivity index (χ0) is 40.1. The molecule has 10 rings (SSSR count). The van der Waals surface area contributed by atoms with Crippen LogP contribution in [-0.4, -0.2) is 10.8 Å². The molecule has 0 bridgehead atoms. The van der Waals surface area contributed by atoms with Crippen LogP contribution < -0.4 is 10.6 Å². The van der Waals surface area contributed by atoms with Gasteiger partial charge in [0.2, 0.25) is 0 Å². The van der Waals surface area contributed by atoms with E-state index in [1.807, 2.05) is 12.1 Å². The van der Waals surface area contributed by atoms with Gasteiger partial charge < -0.3 is 5.32 Å². The summed E-state index contributed by atoms with van der Waals surface area (Å²) >= 11 is 0. The molecule has 0 amide bonds. The molecule has 0 saturated heterocycles. The number of nitrogens with zero attached hydrogens (tertiary/aromatic N) is 2. The van der Waals surface area contributed by atoms with E-state index in [0.717, 1.165) is 89.5 Å². The monoisotopic (exact) mass is 770 g/mol. The largest absolute Gasteiger partial charge is 0.350 e. The highest BCUT2D eigenvalue weighted by atomic mass is 15.3. The van der Waals surface area contributed by atoms with Gasteiger partial charge in [-0.15, -0.1) is 0 Å². The van der Waals surface area contributed by atoms with E-state index in [1.165, 1.54) is 0 Å². The van der Waals surface area contributed by atoms with Gasteiger partial charge in [0.25, 0.3) is 0 Å². The summed E-state index contributed by atoms with van der Waals surface area (Å²) in [6, 6.07) is 81.3. The highest BCUT2D eigenvalue weighted by Gasteiger charge is 2.27. The number of amidine groups is 1. The van der Waals surface area contributed by atoms with Crippen LogP contribution in [0.3, 0.4) is 0 Å². The van der Waals surface area contributed by atoms with E-state index in [-0.39, 0.29) is 12.3 Å². The van der Waals surface area contributed by atoms with Gasteiger partial charge in [-0.05, 0) is 38.9 Å². The van der Waals surface area contributed by atoms with E-state index < -0.39 is 0 Å². The molecule has 2 atom stereocenters. The van der Waals surface area contributed by atoms with Crippen LogP contribution in [0, 0.1) is 0 Å². The molecule has 286 valence electrons. The molecule has 1 aromatic heterocycles. The van der Waals surface area contributed by atoms with Gasteiger partial charge in [-0.1, -0.05) is 231 Å². The number of nitrogens with one attached hydrogen (secondary N) is 2. The summed E-state index contributed by atoms with van der Waals surface area (Å²) in [6.45, 7) is 0. The SMILES string of the molecule is c1ccc(C2=NC(c3ccc(-c4ccc(-c5c(-c6ccccc6)c(-c6ccccc6)nc(-c6ccccc6)c5-c5ccccc5)cc4)cc3)NC(c3ccccc3)N2)cc1. The quantitative estimate of drug-likeness (QED) is 0.154. The molecule has 4 heteroatoms. The Hall–Kier alpha value is -7.66. The maximum absolute atomic E-state index is 5.59. The number of hydrogen-bond donors (Lipinski definition) is 2. The molecule has 2 unspecified atom stereocenters. The van der Waals surface area contributed by atoms with Crippen molar-refractivity contribution in [3.63, 3.8) is 0 Å². The standard InChI is InChI=1S/C56H42N4/c1-7-19-41(20-8-1)50-49(51(42-21-9-2-10-22-42)53(45-25-13-4-14-26-45)57-52(50)44-23-11-3-12-24-44)43-35-31-39(32-36-43)40-33-37-48(38-34-40)56-59-54(46-27-15-5-16-28-46)58-55(60-56)47-29-17-6-18-30-47/h1-38,54,56,59H,(H,58,60). The Morgan fingerprint density at radius 2 is 0.667 bits per heavy atom. The number of benzene rings is 8. The predicted octanol–water partition coefficient (Wildman–Crippen LogP) is 13.4. The summed E-state index contributed by atoms with van der Waals surface area (Å²) in [6.07, 6.45) is -0.309. The second kappa shape index (κ2) is 16.7. The van der Waals surface area contributed by atoms with Crippen LogP contribution in [0.5, 0.6) is 0 Å². The van der Waals surface area contributed by atoms with Crippen LogP contribution in [0.4, 0.5) is 0 Å². The molecule has 0 radical (unpaired) electrons. The summed E-state index contributed by atoms with van der Waals surface area (Å²) in [7, 11) is 0. The number of aromatic nitrogens is 1.